The molecule has 2 aromatic rings. The molecule has 6 atom stereocenters. The van der Waals surface area contributed by atoms with E-state index in [4.69, 9.17) is 0 Å². The minimum absolute atomic E-state index is 0.0118. The number of Topliss-reactive ketones (excluding diaryl/α,β-unsaturated/α-hetero) is 1. The number of fused-ring (bicyclic) bond motifs is 2. The Bertz CT molecular complexity index is 1570. The number of nitrogens with zero attached hydrogens (tertiary/aromatic N) is 2. The van der Waals surface area contributed by atoms with E-state index in [1.54, 1.807) is 6.07 Å². The predicted octanol–water partition coefficient (Wildman–Crippen LogP) is 3.83. The number of hydrogen-bond acceptors (Lipinski definition) is 7. The van der Waals surface area contributed by atoms with E-state index in [1.807, 2.05) is 31.3 Å². The van der Waals surface area contributed by atoms with E-state index in [0.717, 1.165) is 16.0 Å². The Kier molecular flexibility index (Phi) is 8.60. The number of piperidine rings is 1. The zero-order valence-electron chi connectivity index (χ0n) is 25.4. The van der Waals surface area contributed by atoms with Crippen molar-refractivity contribution in [3.8, 4) is 0 Å². The predicted molar refractivity (Wildman–Crippen MR) is 163 cm³/mol. The molecule has 5 rings (SSSR count). The maximum absolute atomic E-state index is 14.1. The third-order valence-electron chi connectivity index (χ3n) is 9.30. The van der Waals surface area contributed by atoms with Crippen LogP contribution in [0.4, 0.5) is 13.2 Å². The van der Waals surface area contributed by atoms with Gasteiger partial charge < -0.3 is 20.9 Å². The van der Waals surface area contributed by atoms with Crippen LogP contribution in [0.15, 0.2) is 22.7 Å². The second kappa shape index (κ2) is 11.6. The highest BCUT2D eigenvalue weighted by molar-refractivity contribution is 9.10. The molecule has 0 spiro atoms. The molecule has 244 valence electrons. The molecule has 1 saturated carbocycles. The molecule has 1 aromatic heterocycles. The van der Waals surface area contributed by atoms with Gasteiger partial charge in [0.1, 0.15) is 12.1 Å². The number of thiazole rings is 1. The Hall–Kier alpha value is -3.07. The quantitative estimate of drug-likeness (QED) is 0.356. The SMILES string of the molecule is CC(C)(C)[C@H](NC(=O)C(F)(F)F)C(=O)N1C[C@H]2[C@@H]([C@H]1C(=O)N[C@@H](C[C@@H]1CCNC1=O)C(=O)c1nc3c(Br)cccc3s1)C2(C)C. The summed E-state index contributed by atoms with van der Waals surface area (Å²) in [6.45, 7) is 9.02. The van der Waals surface area contributed by atoms with E-state index < -0.39 is 59.1 Å². The van der Waals surface area contributed by atoms with Gasteiger partial charge in [0.25, 0.3) is 0 Å². The van der Waals surface area contributed by atoms with Crippen molar-refractivity contribution < 1.29 is 37.1 Å². The smallest absolute Gasteiger partial charge is 0.356 e. The molecule has 1 aromatic carbocycles. The van der Waals surface area contributed by atoms with Gasteiger partial charge in [0, 0.05) is 23.5 Å². The molecular formula is C30H35BrF3N5O5S. The Morgan fingerprint density at radius 3 is 2.44 bits per heavy atom. The number of nitrogens with one attached hydrogen (secondary N) is 3. The van der Waals surface area contributed by atoms with Crippen LogP contribution >= 0.6 is 27.3 Å². The van der Waals surface area contributed by atoms with Gasteiger partial charge >= 0.3 is 12.1 Å². The van der Waals surface area contributed by atoms with Crippen LogP contribution in [0.3, 0.4) is 0 Å². The lowest BCUT2D eigenvalue weighted by molar-refractivity contribution is -0.176. The lowest BCUT2D eigenvalue weighted by atomic mass is 9.85. The van der Waals surface area contributed by atoms with E-state index >= 15 is 0 Å². The molecule has 3 N–H and O–H groups in total. The first-order valence-corrected chi connectivity index (χ1v) is 16.3. The number of benzene rings is 1. The van der Waals surface area contributed by atoms with Crippen LogP contribution in [0.2, 0.25) is 0 Å². The van der Waals surface area contributed by atoms with Gasteiger partial charge in [-0.25, -0.2) is 4.98 Å². The average Bonchev–Trinajstić information content (AvgIpc) is 3.45. The number of ketones is 1. The standard InChI is InChI=1S/C30H35BrF3N5O5S/c1-28(2,3)22(38-27(44)30(32,33)34)26(43)39-12-14-18(29(14,4)5)20(39)24(42)36-16(11-13-9-10-35-23(13)41)21(40)25-37-19-15(31)7-6-8-17(19)45-25/h6-8,13-14,16,18,20,22H,9-12H2,1-5H3,(H,35,41)(H,36,42)(H,38,44)/t13-,14-,16-,18-,20-,22+/m0/s1. The third kappa shape index (κ3) is 6.34. The number of hydrogen-bond donors (Lipinski definition) is 3. The van der Waals surface area contributed by atoms with Gasteiger partial charge in [-0.05, 0) is 63.6 Å². The van der Waals surface area contributed by atoms with Gasteiger partial charge in [-0.2, -0.15) is 13.2 Å². The molecule has 0 bridgehead atoms. The van der Waals surface area contributed by atoms with Gasteiger partial charge in [0.15, 0.2) is 5.01 Å². The molecule has 0 unspecified atom stereocenters. The lowest BCUT2D eigenvalue weighted by Crippen LogP contribution is -2.61. The molecule has 2 aliphatic heterocycles. The number of carbonyl (C=O) groups excluding carboxylic acids is 5. The van der Waals surface area contributed by atoms with Crippen LogP contribution in [0.25, 0.3) is 10.2 Å². The Morgan fingerprint density at radius 2 is 1.87 bits per heavy atom. The van der Waals surface area contributed by atoms with Crippen LogP contribution in [0, 0.1) is 28.6 Å². The van der Waals surface area contributed by atoms with Crippen molar-refractivity contribution in [2.24, 2.45) is 28.6 Å². The minimum atomic E-state index is -5.20. The van der Waals surface area contributed by atoms with Crippen molar-refractivity contribution in [2.45, 2.75) is 71.8 Å². The van der Waals surface area contributed by atoms with Gasteiger partial charge in [-0.1, -0.05) is 40.7 Å². The molecule has 15 heteroatoms. The summed E-state index contributed by atoms with van der Waals surface area (Å²) in [6.07, 6.45) is -4.72. The molecule has 1 aliphatic carbocycles. The average molecular weight is 715 g/mol. The van der Waals surface area contributed by atoms with Crippen molar-refractivity contribution in [3.63, 3.8) is 0 Å². The van der Waals surface area contributed by atoms with Crippen LogP contribution < -0.4 is 16.0 Å². The topological polar surface area (TPSA) is 138 Å². The number of rotatable bonds is 8. The van der Waals surface area contributed by atoms with Gasteiger partial charge in [0.05, 0.1) is 16.3 Å². The van der Waals surface area contributed by atoms with E-state index in [1.165, 1.54) is 25.7 Å². The normalized spacial score (nSPS) is 25.4. The Morgan fingerprint density at radius 1 is 1.18 bits per heavy atom. The number of carbonyl (C=O) groups is 5. The molecule has 3 fully saturated rings. The summed E-state index contributed by atoms with van der Waals surface area (Å²) in [4.78, 5) is 72.0. The molecule has 45 heavy (non-hydrogen) atoms. The van der Waals surface area contributed by atoms with Crippen molar-refractivity contribution in [3.05, 3.63) is 27.7 Å². The van der Waals surface area contributed by atoms with Crippen LogP contribution in [0.5, 0.6) is 0 Å². The highest BCUT2D eigenvalue weighted by Crippen LogP contribution is 2.65. The first-order chi connectivity index (χ1) is 20.8. The lowest BCUT2D eigenvalue weighted by Gasteiger charge is -2.38. The number of alkyl halides is 3. The van der Waals surface area contributed by atoms with E-state index in [0.29, 0.717) is 23.0 Å². The third-order valence-corrected chi connectivity index (χ3v) is 11.0. The van der Waals surface area contributed by atoms with Crippen molar-refractivity contribution >= 4 is 66.9 Å². The summed E-state index contributed by atoms with van der Waals surface area (Å²) in [7, 11) is 0. The highest BCUT2D eigenvalue weighted by atomic mass is 79.9. The summed E-state index contributed by atoms with van der Waals surface area (Å²) in [6, 6.07) is 1.60. The second-order valence-electron chi connectivity index (χ2n) is 13.7. The summed E-state index contributed by atoms with van der Waals surface area (Å²) in [5, 5.41) is 7.54. The Balaban J connectivity index is 1.44. The van der Waals surface area contributed by atoms with Crippen LogP contribution in [0.1, 0.15) is 57.3 Å². The van der Waals surface area contributed by atoms with E-state index in [2.05, 4.69) is 31.5 Å². The summed E-state index contributed by atoms with van der Waals surface area (Å²) in [5.74, 6) is -5.37. The molecule has 10 nitrogen and oxygen atoms in total. The van der Waals surface area contributed by atoms with E-state index in [9.17, 15) is 37.1 Å². The monoisotopic (exact) mass is 713 g/mol. The highest BCUT2D eigenvalue weighted by Gasteiger charge is 2.70. The maximum atomic E-state index is 14.1. The molecular weight excluding hydrogens is 679 g/mol. The van der Waals surface area contributed by atoms with Gasteiger partial charge in [-0.15, -0.1) is 11.3 Å². The number of likely N-dealkylation sites (tertiary alicyclic amines) is 1. The van der Waals surface area contributed by atoms with Crippen LogP contribution in [-0.4, -0.2) is 76.7 Å². The van der Waals surface area contributed by atoms with E-state index in [-0.39, 0.29) is 41.1 Å². The van der Waals surface area contributed by atoms with Gasteiger partial charge in [0.2, 0.25) is 23.5 Å². The molecule has 4 amide bonds. The zero-order valence-corrected chi connectivity index (χ0v) is 27.8. The van der Waals surface area contributed by atoms with Crippen molar-refractivity contribution in [2.75, 3.05) is 13.1 Å². The van der Waals surface area contributed by atoms with Crippen molar-refractivity contribution in [1.29, 1.82) is 0 Å². The number of aromatic nitrogens is 1. The zero-order chi connectivity index (χ0) is 33.2. The fourth-order valence-electron chi connectivity index (χ4n) is 6.65. The molecule has 3 heterocycles. The number of amides is 4. The summed E-state index contributed by atoms with van der Waals surface area (Å²) >= 11 is 4.59. The molecule has 2 saturated heterocycles. The second-order valence-corrected chi connectivity index (χ2v) is 15.6. The summed E-state index contributed by atoms with van der Waals surface area (Å²) in [5.41, 5.74) is -0.870. The molecule has 0 radical (unpaired) electrons. The number of halogens is 4. The van der Waals surface area contributed by atoms with Gasteiger partial charge in [-0.3, -0.25) is 24.0 Å². The largest absolute Gasteiger partial charge is 0.471 e. The first-order valence-electron chi connectivity index (χ1n) is 14.7. The first kappa shape index (κ1) is 33.3. The molecule has 3 aliphatic rings. The Labute approximate surface area is 270 Å². The minimum Gasteiger partial charge on any atom is -0.356 e. The maximum Gasteiger partial charge on any atom is 0.471 e. The summed E-state index contributed by atoms with van der Waals surface area (Å²) < 4.78 is 41.0. The van der Waals surface area contributed by atoms with Crippen molar-refractivity contribution in [1.82, 2.24) is 25.8 Å². The number of para-hydroxylation sites is 1. The fourth-order valence-corrected chi connectivity index (χ4v) is 8.23. The van der Waals surface area contributed by atoms with Crippen LogP contribution in [-0.2, 0) is 19.2 Å². The fraction of sp³-hybridized carbons (Fsp3) is 0.600.